The Morgan fingerprint density at radius 2 is 2.00 bits per heavy atom. The molecule has 1 amide bonds. The van der Waals surface area contributed by atoms with Crippen molar-refractivity contribution in [1.82, 2.24) is 4.90 Å². The van der Waals surface area contributed by atoms with Crippen LogP contribution in [0.4, 0.5) is 4.39 Å². The molecule has 2 aromatic rings. The van der Waals surface area contributed by atoms with Gasteiger partial charge in [-0.2, -0.15) is 0 Å². The second kappa shape index (κ2) is 7.68. The van der Waals surface area contributed by atoms with Crippen molar-refractivity contribution in [3.63, 3.8) is 0 Å². The maximum atomic E-state index is 13.3. The molecule has 4 nitrogen and oxygen atoms in total. The van der Waals surface area contributed by atoms with Gasteiger partial charge in [0.2, 0.25) is 5.91 Å². The number of fused-ring (bicyclic) bond motifs is 1. The van der Waals surface area contributed by atoms with Gasteiger partial charge in [0.1, 0.15) is 5.82 Å². The number of amides is 1. The van der Waals surface area contributed by atoms with Crippen LogP contribution in [0.2, 0.25) is 0 Å². The van der Waals surface area contributed by atoms with Crippen LogP contribution in [0.5, 0.6) is 0 Å². The van der Waals surface area contributed by atoms with Crippen molar-refractivity contribution in [1.29, 1.82) is 0 Å². The topological polar surface area (TPSA) is 57.6 Å². The number of aliphatic carboxylic acids is 1. The molecule has 1 aliphatic rings. The molecule has 26 heavy (non-hydrogen) atoms. The monoisotopic (exact) mass is 355 g/mol. The molecule has 5 heteroatoms. The Kier molecular flexibility index (Phi) is 5.35. The molecule has 1 aliphatic heterocycles. The number of carbonyl (C=O) groups excluding carboxylic acids is 1. The normalized spacial score (nSPS) is 17.5. The zero-order chi connectivity index (χ0) is 18.7. The molecule has 1 N–H and O–H groups in total. The van der Waals surface area contributed by atoms with E-state index in [1.54, 1.807) is 11.0 Å². The minimum atomic E-state index is -0.914. The standard InChI is InChI=1S/C21H22FNO3/c1-14(9-15-5-4-7-17(22)11-15)10-20(24)23-12-16-6-2-3-8-18(16)19(13-23)21(25)26/h2-8,11,14,19H,9-10,12-13H2,1H3,(H,25,26). The second-order valence-corrected chi connectivity index (χ2v) is 7.01. The summed E-state index contributed by atoms with van der Waals surface area (Å²) >= 11 is 0. The van der Waals surface area contributed by atoms with Gasteiger partial charge >= 0.3 is 5.97 Å². The van der Waals surface area contributed by atoms with Crippen LogP contribution in [0.1, 0.15) is 36.0 Å². The first-order valence-electron chi connectivity index (χ1n) is 8.77. The highest BCUT2D eigenvalue weighted by Gasteiger charge is 2.32. The van der Waals surface area contributed by atoms with Gasteiger partial charge in [-0.15, -0.1) is 0 Å². The van der Waals surface area contributed by atoms with Gasteiger partial charge < -0.3 is 10.0 Å². The number of carboxylic acids is 1. The van der Waals surface area contributed by atoms with Gasteiger partial charge in [0.05, 0.1) is 5.92 Å². The van der Waals surface area contributed by atoms with Gasteiger partial charge in [-0.25, -0.2) is 4.39 Å². The number of hydrogen-bond donors (Lipinski definition) is 1. The molecule has 2 atom stereocenters. The SMILES string of the molecule is CC(CC(=O)N1Cc2ccccc2C(C(=O)O)C1)Cc1cccc(F)c1. The summed E-state index contributed by atoms with van der Waals surface area (Å²) < 4.78 is 13.3. The van der Waals surface area contributed by atoms with E-state index in [9.17, 15) is 19.1 Å². The molecular weight excluding hydrogens is 333 g/mol. The highest BCUT2D eigenvalue weighted by Crippen LogP contribution is 2.29. The van der Waals surface area contributed by atoms with Crippen molar-refractivity contribution in [3.8, 4) is 0 Å². The highest BCUT2D eigenvalue weighted by atomic mass is 19.1. The fourth-order valence-electron chi connectivity index (χ4n) is 3.57. The van der Waals surface area contributed by atoms with E-state index in [1.165, 1.54) is 12.1 Å². The average Bonchev–Trinajstić information content (AvgIpc) is 2.60. The summed E-state index contributed by atoms with van der Waals surface area (Å²) in [7, 11) is 0. The average molecular weight is 355 g/mol. The molecule has 0 aliphatic carbocycles. The summed E-state index contributed by atoms with van der Waals surface area (Å²) in [5.74, 6) is -1.90. The molecule has 0 radical (unpaired) electrons. The summed E-state index contributed by atoms with van der Waals surface area (Å²) in [4.78, 5) is 25.9. The van der Waals surface area contributed by atoms with Crippen LogP contribution < -0.4 is 0 Å². The first kappa shape index (κ1) is 18.1. The number of carbonyl (C=O) groups is 2. The van der Waals surface area contributed by atoms with Gasteiger partial charge in [-0.1, -0.05) is 43.3 Å². The molecule has 2 unspecified atom stereocenters. The minimum absolute atomic E-state index is 0.0461. The third-order valence-electron chi connectivity index (χ3n) is 4.84. The molecule has 2 aromatic carbocycles. The van der Waals surface area contributed by atoms with Crippen LogP contribution >= 0.6 is 0 Å². The lowest BCUT2D eigenvalue weighted by Gasteiger charge is -2.33. The zero-order valence-electron chi connectivity index (χ0n) is 14.7. The summed E-state index contributed by atoms with van der Waals surface area (Å²) in [6.45, 7) is 2.58. The number of nitrogens with zero attached hydrogens (tertiary/aromatic N) is 1. The quantitative estimate of drug-likeness (QED) is 0.891. The molecule has 0 aromatic heterocycles. The fourth-order valence-corrected chi connectivity index (χ4v) is 3.57. The van der Waals surface area contributed by atoms with Crippen molar-refractivity contribution in [2.24, 2.45) is 5.92 Å². The smallest absolute Gasteiger partial charge is 0.312 e. The van der Waals surface area contributed by atoms with Crippen LogP contribution in [0.25, 0.3) is 0 Å². The molecule has 0 fully saturated rings. The van der Waals surface area contributed by atoms with E-state index < -0.39 is 11.9 Å². The lowest BCUT2D eigenvalue weighted by Crippen LogP contribution is -2.41. The van der Waals surface area contributed by atoms with Gasteiger partial charge in [0.25, 0.3) is 0 Å². The number of rotatable bonds is 5. The van der Waals surface area contributed by atoms with E-state index >= 15 is 0 Å². The Bertz CT molecular complexity index is 820. The Labute approximate surface area is 152 Å². The fraction of sp³-hybridized carbons (Fsp3) is 0.333. The van der Waals surface area contributed by atoms with E-state index in [-0.39, 0.29) is 24.2 Å². The van der Waals surface area contributed by atoms with Crippen LogP contribution in [0.15, 0.2) is 48.5 Å². The Balaban J connectivity index is 1.67. The van der Waals surface area contributed by atoms with Gasteiger partial charge in [-0.3, -0.25) is 9.59 Å². The number of hydrogen-bond acceptors (Lipinski definition) is 2. The summed E-state index contributed by atoms with van der Waals surface area (Å²) in [5, 5.41) is 9.51. The van der Waals surface area contributed by atoms with E-state index in [0.29, 0.717) is 19.4 Å². The Morgan fingerprint density at radius 3 is 2.73 bits per heavy atom. The van der Waals surface area contributed by atoms with Crippen LogP contribution in [-0.4, -0.2) is 28.4 Å². The van der Waals surface area contributed by atoms with Crippen LogP contribution in [0, 0.1) is 11.7 Å². The number of carboxylic acid groups (broad SMARTS) is 1. The Morgan fingerprint density at radius 1 is 1.23 bits per heavy atom. The second-order valence-electron chi connectivity index (χ2n) is 7.01. The van der Waals surface area contributed by atoms with E-state index in [4.69, 9.17) is 0 Å². The lowest BCUT2D eigenvalue weighted by molar-refractivity contribution is -0.141. The predicted octanol–water partition coefficient (Wildman–Crippen LogP) is 3.61. The van der Waals surface area contributed by atoms with E-state index in [1.807, 2.05) is 37.3 Å². The van der Waals surface area contributed by atoms with Gasteiger partial charge in [0.15, 0.2) is 0 Å². The molecular formula is C21H22FNO3. The van der Waals surface area contributed by atoms with Crippen LogP contribution in [-0.2, 0) is 22.6 Å². The van der Waals surface area contributed by atoms with Crippen molar-refractivity contribution >= 4 is 11.9 Å². The summed E-state index contributed by atoms with van der Waals surface area (Å²) in [6.07, 6.45) is 0.918. The molecule has 0 saturated carbocycles. The molecule has 136 valence electrons. The molecule has 1 heterocycles. The van der Waals surface area contributed by atoms with Crippen molar-refractivity contribution in [3.05, 3.63) is 71.0 Å². The summed E-state index contributed by atoms with van der Waals surface area (Å²) in [6, 6.07) is 13.8. The van der Waals surface area contributed by atoms with Gasteiger partial charge in [-0.05, 0) is 41.2 Å². The third-order valence-corrected chi connectivity index (χ3v) is 4.84. The minimum Gasteiger partial charge on any atom is -0.481 e. The third kappa shape index (κ3) is 4.10. The van der Waals surface area contributed by atoms with Crippen LogP contribution in [0.3, 0.4) is 0 Å². The largest absolute Gasteiger partial charge is 0.481 e. The lowest BCUT2D eigenvalue weighted by atomic mass is 9.89. The molecule has 0 spiro atoms. The van der Waals surface area contributed by atoms with E-state index in [0.717, 1.165) is 16.7 Å². The van der Waals surface area contributed by atoms with Crippen molar-refractivity contribution in [2.75, 3.05) is 6.54 Å². The highest BCUT2D eigenvalue weighted by molar-refractivity contribution is 5.81. The molecule has 0 bridgehead atoms. The van der Waals surface area contributed by atoms with Crippen molar-refractivity contribution in [2.45, 2.75) is 32.2 Å². The molecule has 0 saturated heterocycles. The van der Waals surface area contributed by atoms with Gasteiger partial charge in [0, 0.05) is 19.5 Å². The van der Waals surface area contributed by atoms with E-state index in [2.05, 4.69) is 0 Å². The maximum Gasteiger partial charge on any atom is 0.312 e. The number of benzene rings is 2. The zero-order valence-corrected chi connectivity index (χ0v) is 14.7. The Hall–Kier alpha value is -2.69. The summed E-state index contributed by atoms with van der Waals surface area (Å²) in [5.41, 5.74) is 2.53. The first-order valence-corrected chi connectivity index (χ1v) is 8.77. The maximum absolute atomic E-state index is 13.3. The first-order chi connectivity index (χ1) is 12.4. The molecule has 3 rings (SSSR count). The predicted molar refractivity (Wildman–Crippen MR) is 96.1 cm³/mol. The van der Waals surface area contributed by atoms with Crippen molar-refractivity contribution < 1.29 is 19.1 Å². The number of halogens is 1.